The fourth-order valence-corrected chi connectivity index (χ4v) is 2.40. The Morgan fingerprint density at radius 2 is 1.78 bits per heavy atom. The second-order valence-electron chi connectivity index (χ2n) is 5.56. The van der Waals surface area contributed by atoms with Crippen molar-refractivity contribution < 1.29 is 9.26 Å². The van der Waals surface area contributed by atoms with Crippen molar-refractivity contribution in [3.63, 3.8) is 0 Å². The third kappa shape index (κ3) is 3.40. The maximum atomic E-state index is 5.39. The number of hydrogen-bond acceptors (Lipinski definition) is 5. The summed E-state index contributed by atoms with van der Waals surface area (Å²) < 4.78 is 10.7. The van der Waals surface area contributed by atoms with Crippen LogP contribution in [0.5, 0.6) is 5.75 Å². The fourth-order valence-electron chi connectivity index (χ4n) is 2.40. The molecule has 2 aromatic carbocycles. The molecule has 0 aliphatic heterocycles. The van der Waals surface area contributed by atoms with Crippen LogP contribution >= 0.6 is 0 Å². The van der Waals surface area contributed by atoms with Crippen LogP contribution in [-0.2, 0) is 6.54 Å². The first-order valence-electron chi connectivity index (χ1n) is 7.38. The first kappa shape index (κ1) is 15.2. The van der Waals surface area contributed by atoms with Crippen molar-refractivity contribution in [2.45, 2.75) is 6.54 Å². The van der Waals surface area contributed by atoms with Gasteiger partial charge in [-0.3, -0.25) is 0 Å². The van der Waals surface area contributed by atoms with Crippen molar-refractivity contribution in [2.24, 2.45) is 0 Å². The van der Waals surface area contributed by atoms with Gasteiger partial charge in [0.15, 0.2) is 0 Å². The Balaban J connectivity index is 1.87. The topological polar surface area (TPSA) is 51.4 Å². The van der Waals surface area contributed by atoms with Gasteiger partial charge in [-0.05, 0) is 31.8 Å². The molecular weight excluding hydrogens is 290 g/mol. The van der Waals surface area contributed by atoms with Crippen molar-refractivity contribution >= 4 is 0 Å². The lowest BCUT2D eigenvalue weighted by Gasteiger charge is -2.09. The van der Waals surface area contributed by atoms with Gasteiger partial charge in [0.05, 0.1) is 12.7 Å². The number of para-hydroxylation sites is 1. The van der Waals surface area contributed by atoms with Gasteiger partial charge in [0, 0.05) is 12.1 Å². The van der Waals surface area contributed by atoms with Crippen LogP contribution in [0.1, 0.15) is 5.56 Å². The third-order valence-corrected chi connectivity index (χ3v) is 3.47. The molecule has 0 fully saturated rings. The molecule has 0 aliphatic carbocycles. The van der Waals surface area contributed by atoms with E-state index in [1.165, 1.54) is 5.56 Å². The van der Waals surface area contributed by atoms with Gasteiger partial charge in [0.25, 0.3) is 5.89 Å². The lowest BCUT2D eigenvalue weighted by atomic mass is 10.1. The summed E-state index contributed by atoms with van der Waals surface area (Å²) in [4.78, 5) is 6.61. The van der Waals surface area contributed by atoms with E-state index in [9.17, 15) is 0 Å². The molecule has 5 nitrogen and oxygen atoms in total. The summed E-state index contributed by atoms with van der Waals surface area (Å²) in [6, 6.07) is 15.8. The van der Waals surface area contributed by atoms with Crippen LogP contribution in [-0.4, -0.2) is 36.2 Å². The second-order valence-corrected chi connectivity index (χ2v) is 5.56. The molecule has 0 spiro atoms. The molecule has 0 unspecified atom stereocenters. The lowest BCUT2D eigenvalue weighted by molar-refractivity contribution is 0.402. The van der Waals surface area contributed by atoms with Gasteiger partial charge in [-0.15, -0.1) is 0 Å². The summed E-state index contributed by atoms with van der Waals surface area (Å²) in [6.45, 7) is 0.902. The largest absolute Gasteiger partial charge is 0.496 e. The normalized spacial score (nSPS) is 11.0. The molecule has 0 saturated heterocycles. The number of ether oxygens (including phenoxy) is 1. The van der Waals surface area contributed by atoms with E-state index in [4.69, 9.17) is 9.26 Å². The minimum absolute atomic E-state index is 0.454. The first-order valence-corrected chi connectivity index (χ1v) is 7.38. The predicted octanol–water partition coefficient (Wildman–Crippen LogP) is 3.47. The van der Waals surface area contributed by atoms with Crippen LogP contribution in [0.3, 0.4) is 0 Å². The Hall–Kier alpha value is -2.66. The van der Waals surface area contributed by atoms with E-state index in [0.29, 0.717) is 17.5 Å². The van der Waals surface area contributed by atoms with Crippen molar-refractivity contribution in [1.29, 1.82) is 0 Å². The van der Waals surface area contributed by atoms with Gasteiger partial charge >= 0.3 is 0 Å². The average molecular weight is 309 g/mol. The maximum absolute atomic E-state index is 5.39. The van der Waals surface area contributed by atoms with E-state index in [2.05, 4.69) is 27.2 Å². The van der Waals surface area contributed by atoms with E-state index in [0.717, 1.165) is 17.7 Å². The maximum Gasteiger partial charge on any atom is 0.262 e. The van der Waals surface area contributed by atoms with E-state index >= 15 is 0 Å². The van der Waals surface area contributed by atoms with Gasteiger partial charge < -0.3 is 14.2 Å². The molecule has 0 saturated carbocycles. The van der Waals surface area contributed by atoms with Gasteiger partial charge in [0.2, 0.25) is 5.82 Å². The Bertz CT molecular complexity index is 779. The summed E-state index contributed by atoms with van der Waals surface area (Å²) in [6.07, 6.45) is 0. The summed E-state index contributed by atoms with van der Waals surface area (Å²) in [5.41, 5.74) is 2.96. The summed E-state index contributed by atoms with van der Waals surface area (Å²) in [5, 5.41) is 4.08. The van der Waals surface area contributed by atoms with Crippen molar-refractivity contribution in [1.82, 2.24) is 15.0 Å². The van der Waals surface area contributed by atoms with Crippen LogP contribution < -0.4 is 4.74 Å². The summed E-state index contributed by atoms with van der Waals surface area (Å²) >= 11 is 0. The fraction of sp³-hybridized carbons (Fsp3) is 0.222. The molecule has 0 atom stereocenters. The van der Waals surface area contributed by atoms with E-state index in [-0.39, 0.29) is 0 Å². The molecule has 118 valence electrons. The van der Waals surface area contributed by atoms with Gasteiger partial charge in [-0.1, -0.05) is 41.6 Å². The molecule has 1 aromatic heterocycles. The highest BCUT2D eigenvalue weighted by Gasteiger charge is 2.14. The van der Waals surface area contributed by atoms with Gasteiger partial charge in [-0.25, -0.2) is 0 Å². The van der Waals surface area contributed by atoms with Crippen LogP contribution in [0.25, 0.3) is 22.8 Å². The number of benzene rings is 2. The average Bonchev–Trinajstić information content (AvgIpc) is 3.05. The Labute approximate surface area is 135 Å². The zero-order chi connectivity index (χ0) is 16.2. The molecule has 1 heterocycles. The summed E-state index contributed by atoms with van der Waals surface area (Å²) in [7, 11) is 5.72. The Morgan fingerprint density at radius 1 is 1.04 bits per heavy atom. The number of hydrogen-bond donors (Lipinski definition) is 0. The highest BCUT2D eigenvalue weighted by atomic mass is 16.5. The second kappa shape index (κ2) is 6.62. The molecule has 0 bridgehead atoms. The molecule has 0 aliphatic rings. The summed E-state index contributed by atoms with van der Waals surface area (Å²) in [5.74, 6) is 1.74. The minimum atomic E-state index is 0.454. The molecule has 5 heteroatoms. The predicted molar refractivity (Wildman–Crippen MR) is 89.1 cm³/mol. The van der Waals surface area contributed by atoms with Crippen molar-refractivity contribution in [2.75, 3.05) is 21.2 Å². The van der Waals surface area contributed by atoms with Gasteiger partial charge in [-0.2, -0.15) is 4.98 Å². The van der Waals surface area contributed by atoms with Crippen LogP contribution in [0.2, 0.25) is 0 Å². The molecule has 3 rings (SSSR count). The lowest BCUT2D eigenvalue weighted by Crippen LogP contribution is -2.10. The van der Waals surface area contributed by atoms with E-state index < -0.39 is 0 Å². The molecule has 0 N–H and O–H groups in total. The zero-order valence-corrected chi connectivity index (χ0v) is 13.5. The van der Waals surface area contributed by atoms with Gasteiger partial charge in [0.1, 0.15) is 5.75 Å². The van der Waals surface area contributed by atoms with Crippen molar-refractivity contribution in [3.05, 3.63) is 54.1 Å². The highest BCUT2D eigenvalue weighted by Crippen LogP contribution is 2.29. The number of rotatable bonds is 5. The molecule has 0 amide bonds. The van der Waals surface area contributed by atoms with Crippen LogP contribution in [0.4, 0.5) is 0 Å². The van der Waals surface area contributed by atoms with E-state index in [1.807, 2.05) is 50.5 Å². The monoisotopic (exact) mass is 309 g/mol. The molecule has 0 radical (unpaired) electrons. The van der Waals surface area contributed by atoms with E-state index in [1.54, 1.807) is 7.11 Å². The Kier molecular flexibility index (Phi) is 4.39. The SMILES string of the molecule is COc1ccccc1-c1nc(-c2ccc(CN(C)C)cc2)no1. The molecular formula is C18H19N3O2. The Morgan fingerprint density at radius 3 is 2.48 bits per heavy atom. The molecule has 23 heavy (non-hydrogen) atoms. The minimum Gasteiger partial charge on any atom is -0.496 e. The van der Waals surface area contributed by atoms with Crippen molar-refractivity contribution in [3.8, 4) is 28.6 Å². The quantitative estimate of drug-likeness (QED) is 0.722. The number of methoxy groups -OCH3 is 1. The standard InChI is InChI=1S/C18H19N3O2/c1-21(2)12-13-8-10-14(11-9-13)17-19-18(23-20-17)15-6-4-5-7-16(15)22-3/h4-11H,12H2,1-3H3. The number of aromatic nitrogens is 2. The molecule has 3 aromatic rings. The number of nitrogens with zero attached hydrogens (tertiary/aromatic N) is 3. The van der Waals surface area contributed by atoms with Crippen LogP contribution in [0, 0.1) is 0 Å². The zero-order valence-electron chi connectivity index (χ0n) is 13.5. The highest BCUT2D eigenvalue weighted by molar-refractivity contribution is 5.65. The third-order valence-electron chi connectivity index (χ3n) is 3.47. The first-order chi connectivity index (χ1) is 11.2. The smallest absolute Gasteiger partial charge is 0.262 e. The van der Waals surface area contributed by atoms with Crippen LogP contribution in [0.15, 0.2) is 53.1 Å².